The van der Waals surface area contributed by atoms with Gasteiger partial charge in [0.2, 0.25) is 5.91 Å². The van der Waals surface area contributed by atoms with Gasteiger partial charge in [-0.2, -0.15) is 0 Å². The number of benzene rings is 1. The summed E-state index contributed by atoms with van der Waals surface area (Å²) >= 11 is 0. The van der Waals surface area contributed by atoms with Crippen LogP contribution >= 0.6 is 0 Å². The van der Waals surface area contributed by atoms with Crippen LogP contribution in [0.1, 0.15) is 25.3 Å². The third-order valence-electron chi connectivity index (χ3n) is 2.62. The van der Waals surface area contributed by atoms with Crippen LogP contribution in [0.4, 0.5) is 0 Å². The maximum absolute atomic E-state index is 11.4. The molecule has 1 atom stereocenters. The van der Waals surface area contributed by atoms with Crippen molar-refractivity contribution >= 4 is 5.91 Å². The lowest BCUT2D eigenvalue weighted by Crippen LogP contribution is -2.32. The van der Waals surface area contributed by atoms with E-state index in [4.69, 9.17) is 4.74 Å². The van der Waals surface area contributed by atoms with Gasteiger partial charge in [0.15, 0.2) is 0 Å². The van der Waals surface area contributed by atoms with Crippen molar-refractivity contribution in [2.45, 2.75) is 32.8 Å². The van der Waals surface area contributed by atoms with Gasteiger partial charge in [-0.05, 0) is 25.5 Å². The number of hydrogen-bond acceptors (Lipinski definition) is 3. The van der Waals surface area contributed by atoms with Crippen LogP contribution in [0.3, 0.4) is 0 Å². The molecule has 0 heterocycles. The van der Waals surface area contributed by atoms with Crippen LogP contribution in [0.2, 0.25) is 0 Å². The molecule has 4 heteroatoms. The van der Waals surface area contributed by atoms with Crippen molar-refractivity contribution in [2.24, 2.45) is 0 Å². The van der Waals surface area contributed by atoms with Gasteiger partial charge >= 0.3 is 0 Å². The first-order chi connectivity index (χ1) is 8.61. The van der Waals surface area contributed by atoms with Crippen LogP contribution in [0.15, 0.2) is 24.3 Å². The molecule has 0 aliphatic rings. The summed E-state index contributed by atoms with van der Waals surface area (Å²) in [7, 11) is 0. The molecule has 1 amide bonds. The number of carbonyl (C=O) groups is 1. The third-order valence-corrected chi connectivity index (χ3v) is 2.62. The smallest absolute Gasteiger partial charge is 0.223 e. The monoisotopic (exact) mass is 251 g/mol. The van der Waals surface area contributed by atoms with Gasteiger partial charge in [0.25, 0.3) is 0 Å². The Hall–Kier alpha value is -1.55. The van der Waals surface area contributed by atoms with Crippen molar-refractivity contribution in [2.75, 3.05) is 13.2 Å². The number of carbonyl (C=O) groups excluding carboxylic acids is 1. The fourth-order valence-corrected chi connectivity index (χ4v) is 1.36. The van der Waals surface area contributed by atoms with Gasteiger partial charge in [0.05, 0.1) is 19.1 Å². The molecule has 1 unspecified atom stereocenters. The van der Waals surface area contributed by atoms with Gasteiger partial charge in [-0.1, -0.05) is 24.6 Å². The average Bonchev–Trinajstić information content (AvgIpc) is 2.38. The molecule has 1 aromatic rings. The number of nitrogens with one attached hydrogen (secondary N) is 1. The van der Waals surface area contributed by atoms with Gasteiger partial charge in [0.1, 0.15) is 5.75 Å². The van der Waals surface area contributed by atoms with Crippen LogP contribution in [-0.2, 0) is 4.79 Å². The van der Waals surface area contributed by atoms with E-state index in [2.05, 4.69) is 5.32 Å². The predicted molar refractivity (Wildman–Crippen MR) is 70.6 cm³/mol. The first kappa shape index (κ1) is 14.5. The second-order valence-electron chi connectivity index (χ2n) is 4.28. The van der Waals surface area contributed by atoms with Gasteiger partial charge in [-0.25, -0.2) is 0 Å². The predicted octanol–water partition coefficient (Wildman–Crippen LogP) is 1.65. The zero-order valence-electron chi connectivity index (χ0n) is 11.0. The van der Waals surface area contributed by atoms with E-state index in [1.54, 1.807) is 0 Å². The highest BCUT2D eigenvalue weighted by molar-refractivity contribution is 5.76. The summed E-state index contributed by atoms with van der Waals surface area (Å²) in [5.41, 5.74) is 1.17. The molecule has 0 aliphatic carbocycles. The molecule has 0 radical (unpaired) electrons. The summed E-state index contributed by atoms with van der Waals surface area (Å²) in [5.74, 6) is 0.664. The van der Waals surface area contributed by atoms with E-state index in [1.807, 2.05) is 38.1 Å². The highest BCUT2D eigenvalue weighted by atomic mass is 16.5. The fraction of sp³-hybridized carbons (Fsp3) is 0.500. The van der Waals surface area contributed by atoms with E-state index in [0.29, 0.717) is 26.0 Å². The minimum absolute atomic E-state index is 0.102. The molecule has 2 N–H and O–H groups in total. The Labute approximate surface area is 108 Å². The minimum Gasteiger partial charge on any atom is -0.493 e. The lowest BCUT2D eigenvalue weighted by molar-refractivity contribution is -0.122. The number of aryl methyl sites for hydroxylation is 1. The van der Waals surface area contributed by atoms with Gasteiger partial charge in [-0.15, -0.1) is 0 Å². The number of rotatable bonds is 7. The van der Waals surface area contributed by atoms with E-state index < -0.39 is 6.10 Å². The summed E-state index contributed by atoms with van der Waals surface area (Å²) in [4.78, 5) is 11.4. The molecule has 18 heavy (non-hydrogen) atoms. The molecule has 0 bridgehead atoms. The van der Waals surface area contributed by atoms with Crippen molar-refractivity contribution in [3.05, 3.63) is 29.8 Å². The topological polar surface area (TPSA) is 58.6 Å². The number of ether oxygens (including phenoxy) is 1. The normalized spacial score (nSPS) is 11.9. The zero-order valence-corrected chi connectivity index (χ0v) is 11.0. The van der Waals surface area contributed by atoms with Crippen molar-refractivity contribution in [3.63, 3.8) is 0 Å². The van der Waals surface area contributed by atoms with Gasteiger partial charge in [-0.3, -0.25) is 4.79 Å². The van der Waals surface area contributed by atoms with Gasteiger partial charge < -0.3 is 15.2 Å². The van der Waals surface area contributed by atoms with E-state index in [0.717, 1.165) is 5.75 Å². The van der Waals surface area contributed by atoms with E-state index >= 15 is 0 Å². The molecule has 0 aromatic heterocycles. The fourth-order valence-electron chi connectivity index (χ4n) is 1.36. The SMILES string of the molecule is CCC(O)CNC(=O)CCOc1ccc(C)cc1. The van der Waals surface area contributed by atoms with Crippen molar-refractivity contribution in [3.8, 4) is 5.75 Å². The molecule has 1 rings (SSSR count). The molecule has 0 saturated carbocycles. The third kappa shape index (κ3) is 5.68. The Bertz CT molecular complexity index is 362. The van der Waals surface area contributed by atoms with Crippen LogP contribution in [0.25, 0.3) is 0 Å². The molecule has 1 aromatic carbocycles. The van der Waals surface area contributed by atoms with Crippen LogP contribution in [-0.4, -0.2) is 30.3 Å². The van der Waals surface area contributed by atoms with E-state index in [-0.39, 0.29) is 5.91 Å². The highest BCUT2D eigenvalue weighted by Crippen LogP contribution is 2.11. The van der Waals surface area contributed by atoms with E-state index in [9.17, 15) is 9.90 Å². The number of aliphatic hydroxyl groups is 1. The summed E-state index contributed by atoms with van der Waals surface area (Å²) in [5, 5.41) is 12.0. The molecule has 0 saturated heterocycles. The summed E-state index contributed by atoms with van der Waals surface area (Å²) in [6.45, 7) is 4.53. The molecular weight excluding hydrogens is 230 g/mol. The Morgan fingerprint density at radius 1 is 1.39 bits per heavy atom. The van der Waals surface area contributed by atoms with Crippen molar-refractivity contribution < 1.29 is 14.6 Å². The quantitative estimate of drug-likeness (QED) is 0.774. The van der Waals surface area contributed by atoms with Crippen molar-refractivity contribution in [1.82, 2.24) is 5.32 Å². The number of amides is 1. The largest absolute Gasteiger partial charge is 0.493 e. The Kier molecular flexibility index (Phi) is 6.22. The second kappa shape index (κ2) is 7.71. The second-order valence-corrected chi connectivity index (χ2v) is 4.28. The lowest BCUT2D eigenvalue weighted by atomic mass is 10.2. The van der Waals surface area contributed by atoms with Crippen LogP contribution < -0.4 is 10.1 Å². The Balaban J connectivity index is 2.17. The molecule has 4 nitrogen and oxygen atoms in total. The molecule has 0 fully saturated rings. The maximum Gasteiger partial charge on any atom is 0.223 e. The first-order valence-electron chi connectivity index (χ1n) is 6.26. The first-order valence-corrected chi connectivity index (χ1v) is 6.26. The zero-order chi connectivity index (χ0) is 13.4. The lowest BCUT2D eigenvalue weighted by Gasteiger charge is -2.10. The molecule has 100 valence electrons. The van der Waals surface area contributed by atoms with Crippen LogP contribution in [0.5, 0.6) is 5.75 Å². The Morgan fingerprint density at radius 3 is 2.67 bits per heavy atom. The summed E-state index contributed by atoms with van der Waals surface area (Å²) < 4.78 is 5.44. The number of aliphatic hydroxyl groups excluding tert-OH is 1. The Morgan fingerprint density at radius 2 is 2.06 bits per heavy atom. The minimum atomic E-state index is -0.466. The summed E-state index contributed by atoms with van der Waals surface area (Å²) in [6, 6.07) is 7.70. The van der Waals surface area contributed by atoms with E-state index in [1.165, 1.54) is 5.56 Å². The molecular formula is C14H21NO3. The molecule has 0 aliphatic heterocycles. The average molecular weight is 251 g/mol. The molecule has 0 spiro atoms. The standard InChI is InChI=1S/C14H21NO3/c1-3-12(16)10-15-14(17)8-9-18-13-6-4-11(2)5-7-13/h4-7,12,16H,3,8-10H2,1-2H3,(H,15,17). The van der Waals surface area contributed by atoms with Crippen molar-refractivity contribution in [1.29, 1.82) is 0 Å². The highest BCUT2D eigenvalue weighted by Gasteiger charge is 2.05. The van der Waals surface area contributed by atoms with Gasteiger partial charge in [0, 0.05) is 6.54 Å². The number of hydrogen-bond donors (Lipinski definition) is 2. The summed E-state index contributed by atoms with van der Waals surface area (Å²) in [6.07, 6.45) is 0.469. The van der Waals surface area contributed by atoms with Crippen LogP contribution in [0, 0.1) is 6.92 Å². The maximum atomic E-state index is 11.4.